The van der Waals surface area contributed by atoms with E-state index in [1.807, 2.05) is 12.1 Å². The van der Waals surface area contributed by atoms with Crippen molar-refractivity contribution in [2.45, 2.75) is 13.3 Å². The lowest BCUT2D eigenvalue weighted by molar-refractivity contribution is -0.120. The molecule has 0 radical (unpaired) electrons. The first kappa shape index (κ1) is 11.7. The van der Waals surface area contributed by atoms with Crippen molar-refractivity contribution in [3.8, 4) is 0 Å². The van der Waals surface area contributed by atoms with Gasteiger partial charge in [0.1, 0.15) is 0 Å². The molecule has 0 heterocycles. The van der Waals surface area contributed by atoms with Crippen molar-refractivity contribution in [3.63, 3.8) is 0 Å². The molecule has 0 atom stereocenters. The normalized spacial score (nSPS) is 10.0. The highest BCUT2D eigenvalue weighted by molar-refractivity contribution is 5.77. The zero-order valence-corrected chi connectivity index (χ0v) is 9.34. The molecule has 1 aromatic carbocycles. The molecule has 0 bridgehead atoms. The lowest BCUT2D eigenvalue weighted by Crippen LogP contribution is -2.33. The second kappa shape index (κ2) is 6.19. The Balaban J connectivity index is 2.32. The molecule has 0 aliphatic rings. The van der Waals surface area contributed by atoms with Gasteiger partial charge in [0.15, 0.2) is 0 Å². The van der Waals surface area contributed by atoms with E-state index in [4.69, 9.17) is 0 Å². The molecule has 0 aromatic heterocycles. The van der Waals surface area contributed by atoms with Crippen LogP contribution in [0.4, 0.5) is 0 Å². The fourth-order valence-electron chi connectivity index (χ4n) is 1.45. The quantitative estimate of drug-likeness (QED) is 0.750. The molecule has 15 heavy (non-hydrogen) atoms. The van der Waals surface area contributed by atoms with Crippen LogP contribution in [0.25, 0.3) is 0 Å². The van der Waals surface area contributed by atoms with Gasteiger partial charge >= 0.3 is 0 Å². The average molecular weight is 206 g/mol. The summed E-state index contributed by atoms with van der Waals surface area (Å²) in [6.07, 6.45) is 0.891. The number of carbonyl (C=O) groups excluding carboxylic acids is 1. The van der Waals surface area contributed by atoms with Crippen LogP contribution in [0.3, 0.4) is 0 Å². The van der Waals surface area contributed by atoms with Crippen LogP contribution in [0, 0.1) is 6.92 Å². The van der Waals surface area contributed by atoms with Gasteiger partial charge < -0.3 is 10.6 Å². The third-order valence-corrected chi connectivity index (χ3v) is 2.32. The van der Waals surface area contributed by atoms with E-state index in [-0.39, 0.29) is 5.91 Å². The van der Waals surface area contributed by atoms with Crippen LogP contribution in [0.5, 0.6) is 0 Å². The van der Waals surface area contributed by atoms with Gasteiger partial charge in [0.05, 0.1) is 6.54 Å². The molecule has 0 fully saturated rings. The predicted octanol–water partition coefficient (Wildman–Crippen LogP) is 0.873. The van der Waals surface area contributed by atoms with Crippen LogP contribution >= 0.6 is 0 Å². The summed E-state index contributed by atoms with van der Waals surface area (Å²) < 4.78 is 0. The van der Waals surface area contributed by atoms with E-state index in [0.717, 1.165) is 6.42 Å². The number of hydrogen-bond donors (Lipinski definition) is 2. The number of hydrogen-bond acceptors (Lipinski definition) is 2. The molecule has 0 aliphatic carbocycles. The molecule has 0 saturated heterocycles. The van der Waals surface area contributed by atoms with Gasteiger partial charge in [-0.1, -0.05) is 24.3 Å². The molecule has 2 N–H and O–H groups in total. The fraction of sp³-hybridized carbons (Fsp3) is 0.417. The topological polar surface area (TPSA) is 41.1 Å². The number of amides is 1. The highest BCUT2D eigenvalue weighted by Crippen LogP contribution is 2.06. The van der Waals surface area contributed by atoms with Crippen LogP contribution < -0.4 is 10.6 Å². The summed E-state index contributed by atoms with van der Waals surface area (Å²) in [6, 6.07) is 8.24. The molecule has 82 valence electrons. The Hall–Kier alpha value is -1.35. The summed E-state index contributed by atoms with van der Waals surface area (Å²) in [5.74, 6) is 0.0473. The molecule has 1 amide bonds. The monoisotopic (exact) mass is 206 g/mol. The van der Waals surface area contributed by atoms with Crippen LogP contribution in [-0.4, -0.2) is 26.0 Å². The maximum Gasteiger partial charge on any atom is 0.233 e. The minimum absolute atomic E-state index is 0.0473. The molecular weight excluding hydrogens is 188 g/mol. The standard InChI is InChI=1S/C12H18N2O/c1-10-5-3-4-6-11(10)7-8-14-12(15)9-13-2/h3-6,13H,7-9H2,1-2H3,(H,14,15). The molecule has 1 rings (SSSR count). The molecule has 0 spiro atoms. The van der Waals surface area contributed by atoms with Crippen LogP contribution in [-0.2, 0) is 11.2 Å². The maximum atomic E-state index is 11.1. The SMILES string of the molecule is CNCC(=O)NCCc1ccccc1C. The number of likely N-dealkylation sites (N-methyl/N-ethyl adjacent to an activating group) is 1. The van der Waals surface area contributed by atoms with E-state index in [0.29, 0.717) is 13.1 Å². The third-order valence-electron chi connectivity index (χ3n) is 2.32. The highest BCUT2D eigenvalue weighted by atomic mass is 16.1. The van der Waals surface area contributed by atoms with E-state index in [9.17, 15) is 4.79 Å². The highest BCUT2D eigenvalue weighted by Gasteiger charge is 1.99. The van der Waals surface area contributed by atoms with Crippen molar-refractivity contribution in [2.75, 3.05) is 20.1 Å². The van der Waals surface area contributed by atoms with Crippen molar-refractivity contribution in [3.05, 3.63) is 35.4 Å². The van der Waals surface area contributed by atoms with Crippen molar-refractivity contribution in [2.24, 2.45) is 0 Å². The zero-order chi connectivity index (χ0) is 11.1. The Morgan fingerprint density at radius 3 is 2.73 bits per heavy atom. The molecule has 3 heteroatoms. The van der Waals surface area contributed by atoms with Gasteiger partial charge in [-0.15, -0.1) is 0 Å². The zero-order valence-electron chi connectivity index (χ0n) is 9.34. The predicted molar refractivity (Wildman–Crippen MR) is 61.8 cm³/mol. The Morgan fingerprint density at radius 2 is 2.07 bits per heavy atom. The second-order valence-electron chi connectivity index (χ2n) is 3.56. The van der Waals surface area contributed by atoms with Crippen molar-refractivity contribution >= 4 is 5.91 Å². The molecule has 0 saturated carbocycles. The maximum absolute atomic E-state index is 11.1. The van der Waals surface area contributed by atoms with Gasteiger partial charge in [-0.3, -0.25) is 4.79 Å². The summed E-state index contributed by atoms with van der Waals surface area (Å²) in [7, 11) is 1.76. The van der Waals surface area contributed by atoms with Gasteiger partial charge in [-0.25, -0.2) is 0 Å². The summed E-state index contributed by atoms with van der Waals surface area (Å²) in [5, 5.41) is 5.67. The van der Waals surface area contributed by atoms with Crippen molar-refractivity contribution in [1.82, 2.24) is 10.6 Å². The fourth-order valence-corrected chi connectivity index (χ4v) is 1.45. The molecular formula is C12H18N2O. The number of rotatable bonds is 5. The van der Waals surface area contributed by atoms with Gasteiger partial charge in [0.2, 0.25) is 5.91 Å². The van der Waals surface area contributed by atoms with Crippen LogP contribution in [0.15, 0.2) is 24.3 Å². The Morgan fingerprint density at radius 1 is 1.33 bits per heavy atom. The lowest BCUT2D eigenvalue weighted by atomic mass is 10.1. The first-order valence-electron chi connectivity index (χ1n) is 5.20. The Bertz CT molecular complexity index is 323. The van der Waals surface area contributed by atoms with Crippen molar-refractivity contribution < 1.29 is 4.79 Å². The van der Waals surface area contributed by atoms with E-state index in [2.05, 4.69) is 29.7 Å². The summed E-state index contributed by atoms with van der Waals surface area (Å²) >= 11 is 0. The van der Waals surface area contributed by atoms with E-state index in [1.54, 1.807) is 7.05 Å². The Labute approximate surface area is 90.9 Å². The van der Waals surface area contributed by atoms with E-state index in [1.165, 1.54) is 11.1 Å². The second-order valence-corrected chi connectivity index (χ2v) is 3.56. The van der Waals surface area contributed by atoms with Gasteiger partial charge in [-0.2, -0.15) is 0 Å². The summed E-state index contributed by atoms with van der Waals surface area (Å²) in [5.41, 5.74) is 2.57. The molecule has 3 nitrogen and oxygen atoms in total. The number of carbonyl (C=O) groups is 1. The molecule has 1 aromatic rings. The molecule has 0 aliphatic heterocycles. The number of aryl methyl sites for hydroxylation is 1. The summed E-state index contributed by atoms with van der Waals surface area (Å²) in [6.45, 7) is 3.17. The largest absolute Gasteiger partial charge is 0.355 e. The number of benzene rings is 1. The summed E-state index contributed by atoms with van der Waals surface area (Å²) in [4.78, 5) is 11.1. The van der Waals surface area contributed by atoms with Crippen molar-refractivity contribution in [1.29, 1.82) is 0 Å². The lowest BCUT2D eigenvalue weighted by Gasteiger charge is -2.06. The van der Waals surface area contributed by atoms with Crippen LogP contribution in [0.2, 0.25) is 0 Å². The first-order valence-corrected chi connectivity index (χ1v) is 5.20. The van der Waals surface area contributed by atoms with E-state index < -0.39 is 0 Å². The van der Waals surface area contributed by atoms with E-state index >= 15 is 0 Å². The minimum atomic E-state index is 0.0473. The van der Waals surface area contributed by atoms with Gasteiger partial charge in [-0.05, 0) is 31.5 Å². The number of nitrogens with one attached hydrogen (secondary N) is 2. The third kappa shape index (κ3) is 4.13. The Kier molecular flexibility index (Phi) is 4.84. The van der Waals surface area contributed by atoms with Gasteiger partial charge in [0, 0.05) is 6.54 Å². The van der Waals surface area contributed by atoms with Crippen LogP contribution in [0.1, 0.15) is 11.1 Å². The smallest absolute Gasteiger partial charge is 0.233 e. The minimum Gasteiger partial charge on any atom is -0.355 e. The van der Waals surface area contributed by atoms with Gasteiger partial charge in [0.25, 0.3) is 0 Å². The molecule has 0 unspecified atom stereocenters. The first-order chi connectivity index (χ1) is 7.24. The average Bonchev–Trinajstić information content (AvgIpc) is 2.21.